The highest BCUT2D eigenvalue weighted by atomic mass is 35.5. The fourth-order valence-electron chi connectivity index (χ4n) is 1.64. The van der Waals surface area contributed by atoms with Gasteiger partial charge in [-0.3, -0.25) is 10.1 Å². The van der Waals surface area contributed by atoms with Gasteiger partial charge in [0.2, 0.25) is 0 Å². The molecule has 0 atom stereocenters. The van der Waals surface area contributed by atoms with E-state index in [-0.39, 0.29) is 5.69 Å². The molecule has 0 fully saturated rings. The van der Waals surface area contributed by atoms with Crippen molar-refractivity contribution in [2.45, 2.75) is 26.4 Å². The van der Waals surface area contributed by atoms with E-state index in [0.29, 0.717) is 29.0 Å². The highest BCUT2D eigenvalue weighted by Gasteiger charge is 2.17. The summed E-state index contributed by atoms with van der Waals surface area (Å²) in [6.07, 6.45) is 1.66. The monoisotopic (exact) mass is 295 g/mol. The number of nitro benzene ring substituents is 1. The Balaban J connectivity index is 2.30. The quantitative estimate of drug-likeness (QED) is 0.676. The molecule has 0 radical (unpaired) electrons. The Morgan fingerprint density at radius 1 is 1.50 bits per heavy atom. The van der Waals surface area contributed by atoms with Gasteiger partial charge in [-0.15, -0.1) is 5.10 Å². The fraction of sp³-hybridized carbons (Fsp3) is 0.333. The molecule has 0 aliphatic heterocycles. The maximum atomic E-state index is 11.0. The average Bonchev–Trinajstić information content (AvgIpc) is 2.84. The van der Waals surface area contributed by atoms with E-state index >= 15 is 0 Å². The van der Waals surface area contributed by atoms with Crippen molar-refractivity contribution in [2.24, 2.45) is 0 Å². The lowest BCUT2D eigenvalue weighted by Crippen LogP contribution is -2.21. The molecule has 0 amide bonds. The van der Waals surface area contributed by atoms with Crippen molar-refractivity contribution in [3.63, 3.8) is 0 Å². The molecule has 0 saturated heterocycles. The molecule has 0 saturated carbocycles. The Kier molecular flexibility index (Phi) is 4.31. The van der Waals surface area contributed by atoms with Crippen molar-refractivity contribution in [1.29, 1.82) is 0 Å². The molecule has 0 bridgehead atoms. The van der Waals surface area contributed by atoms with Crippen molar-refractivity contribution in [1.82, 2.24) is 20.3 Å². The molecule has 1 aromatic carbocycles. The topological polar surface area (TPSA) is 85.9 Å². The highest BCUT2D eigenvalue weighted by molar-refractivity contribution is 6.30. The second-order valence-electron chi connectivity index (χ2n) is 4.58. The van der Waals surface area contributed by atoms with Crippen molar-refractivity contribution in [3.8, 4) is 5.69 Å². The summed E-state index contributed by atoms with van der Waals surface area (Å²) < 4.78 is 1.38. The molecule has 0 spiro atoms. The first-order valence-electron chi connectivity index (χ1n) is 6.06. The third-order valence-corrected chi connectivity index (χ3v) is 2.85. The first kappa shape index (κ1) is 14.4. The summed E-state index contributed by atoms with van der Waals surface area (Å²) in [5.74, 6) is 0. The van der Waals surface area contributed by atoms with Crippen molar-refractivity contribution in [2.75, 3.05) is 0 Å². The minimum absolute atomic E-state index is 0.106. The van der Waals surface area contributed by atoms with Crippen LogP contribution >= 0.6 is 11.6 Å². The van der Waals surface area contributed by atoms with E-state index in [4.69, 9.17) is 11.6 Å². The van der Waals surface area contributed by atoms with Crippen LogP contribution in [0.4, 0.5) is 5.69 Å². The van der Waals surface area contributed by atoms with Gasteiger partial charge < -0.3 is 5.32 Å². The minimum atomic E-state index is -0.491. The Morgan fingerprint density at radius 3 is 2.90 bits per heavy atom. The summed E-state index contributed by atoms with van der Waals surface area (Å²) in [5, 5.41) is 22.5. The van der Waals surface area contributed by atoms with E-state index in [1.165, 1.54) is 10.7 Å². The zero-order chi connectivity index (χ0) is 14.7. The van der Waals surface area contributed by atoms with Gasteiger partial charge in [0.25, 0.3) is 5.69 Å². The van der Waals surface area contributed by atoms with Crippen LogP contribution in [0, 0.1) is 10.1 Å². The van der Waals surface area contributed by atoms with Crippen LogP contribution < -0.4 is 5.32 Å². The number of rotatable bonds is 5. The van der Waals surface area contributed by atoms with Gasteiger partial charge in [-0.25, -0.2) is 4.68 Å². The number of nitrogens with zero attached hydrogens (tertiary/aromatic N) is 4. The predicted octanol–water partition coefficient (Wildman–Crippen LogP) is 2.33. The zero-order valence-corrected chi connectivity index (χ0v) is 11.8. The lowest BCUT2D eigenvalue weighted by Gasteiger charge is -2.04. The van der Waals surface area contributed by atoms with Crippen LogP contribution in [0.1, 0.15) is 19.5 Å². The van der Waals surface area contributed by atoms with Crippen LogP contribution in [-0.4, -0.2) is 26.0 Å². The third-order valence-electron chi connectivity index (χ3n) is 2.61. The number of nitrogens with one attached hydrogen (secondary N) is 1. The molecule has 106 valence electrons. The van der Waals surface area contributed by atoms with Gasteiger partial charge in [0.05, 0.1) is 16.8 Å². The van der Waals surface area contributed by atoms with Gasteiger partial charge in [-0.1, -0.05) is 30.7 Å². The number of hydrogen-bond acceptors (Lipinski definition) is 5. The molecule has 20 heavy (non-hydrogen) atoms. The highest BCUT2D eigenvalue weighted by Crippen LogP contribution is 2.25. The van der Waals surface area contributed by atoms with Gasteiger partial charge in [-0.2, -0.15) is 0 Å². The number of hydrogen-bond donors (Lipinski definition) is 1. The number of nitro groups is 1. The van der Waals surface area contributed by atoms with E-state index in [9.17, 15) is 10.1 Å². The molecule has 2 rings (SSSR count). The van der Waals surface area contributed by atoms with E-state index in [0.717, 1.165) is 0 Å². The maximum absolute atomic E-state index is 11.0. The van der Waals surface area contributed by atoms with Crippen LogP contribution in [-0.2, 0) is 6.54 Å². The molecule has 0 aliphatic rings. The minimum Gasteiger partial charge on any atom is -0.309 e. The molecule has 0 unspecified atom stereocenters. The molecule has 1 aromatic heterocycles. The SMILES string of the molecule is CC(C)NCc1cn(-c2ccc(Cl)cc2[N+](=O)[O-])nn1. The standard InChI is InChI=1S/C12H14ClN5O2/c1-8(2)14-6-10-7-17(16-15-10)11-4-3-9(13)5-12(11)18(19)20/h3-5,7-8,14H,6H2,1-2H3. The summed E-state index contributed by atoms with van der Waals surface area (Å²) in [6, 6.07) is 4.75. The zero-order valence-electron chi connectivity index (χ0n) is 11.1. The summed E-state index contributed by atoms with van der Waals surface area (Å²) in [4.78, 5) is 10.6. The molecular weight excluding hydrogens is 282 g/mol. The first-order chi connectivity index (χ1) is 9.47. The van der Waals surface area contributed by atoms with E-state index < -0.39 is 4.92 Å². The van der Waals surface area contributed by atoms with Crippen LogP contribution in [0.15, 0.2) is 24.4 Å². The van der Waals surface area contributed by atoms with Crippen molar-refractivity contribution in [3.05, 3.63) is 45.2 Å². The summed E-state index contributed by atoms with van der Waals surface area (Å²) >= 11 is 5.78. The van der Waals surface area contributed by atoms with Crippen molar-refractivity contribution >= 4 is 17.3 Å². The lowest BCUT2D eigenvalue weighted by molar-refractivity contribution is -0.384. The van der Waals surface area contributed by atoms with Crippen LogP contribution in [0.2, 0.25) is 5.02 Å². The summed E-state index contributed by atoms with van der Waals surface area (Å²) in [6.45, 7) is 4.60. The lowest BCUT2D eigenvalue weighted by atomic mass is 10.2. The largest absolute Gasteiger partial charge is 0.309 e. The predicted molar refractivity (Wildman–Crippen MR) is 75.0 cm³/mol. The maximum Gasteiger partial charge on any atom is 0.296 e. The molecule has 1 N–H and O–H groups in total. The van der Waals surface area contributed by atoms with E-state index in [2.05, 4.69) is 15.6 Å². The number of aromatic nitrogens is 3. The normalized spacial score (nSPS) is 11.0. The molecule has 7 nitrogen and oxygen atoms in total. The Hall–Kier alpha value is -1.99. The van der Waals surface area contributed by atoms with Gasteiger partial charge in [0, 0.05) is 23.7 Å². The van der Waals surface area contributed by atoms with Crippen LogP contribution in [0.25, 0.3) is 5.69 Å². The molecule has 1 heterocycles. The second-order valence-corrected chi connectivity index (χ2v) is 5.02. The van der Waals surface area contributed by atoms with Gasteiger partial charge >= 0.3 is 0 Å². The summed E-state index contributed by atoms with van der Waals surface area (Å²) in [5.41, 5.74) is 0.941. The smallest absolute Gasteiger partial charge is 0.296 e. The molecule has 0 aliphatic carbocycles. The fourth-order valence-corrected chi connectivity index (χ4v) is 1.81. The van der Waals surface area contributed by atoms with Gasteiger partial charge in [0.15, 0.2) is 0 Å². The van der Waals surface area contributed by atoms with Crippen molar-refractivity contribution < 1.29 is 4.92 Å². The summed E-state index contributed by atoms with van der Waals surface area (Å²) in [7, 11) is 0. The number of benzene rings is 1. The van der Waals surface area contributed by atoms with Gasteiger partial charge in [-0.05, 0) is 12.1 Å². The Bertz CT molecular complexity index is 626. The van der Waals surface area contributed by atoms with Crippen LogP contribution in [0.3, 0.4) is 0 Å². The van der Waals surface area contributed by atoms with E-state index in [1.54, 1.807) is 18.3 Å². The Labute approximate surface area is 120 Å². The van der Waals surface area contributed by atoms with Gasteiger partial charge in [0.1, 0.15) is 5.69 Å². The average molecular weight is 296 g/mol. The van der Waals surface area contributed by atoms with E-state index in [1.807, 2.05) is 13.8 Å². The Morgan fingerprint density at radius 2 is 2.25 bits per heavy atom. The second kappa shape index (κ2) is 5.98. The number of halogens is 1. The van der Waals surface area contributed by atoms with Crippen LogP contribution in [0.5, 0.6) is 0 Å². The first-order valence-corrected chi connectivity index (χ1v) is 6.44. The molecular formula is C12H14ClN5O2. The molecule has 8 heteroatoms. The molecule has 2 aromatic rings. The third kappa shape index (κ3) is 3.31.